The molecule has 0 amide bonds. The van der Waals surface area contributed by atoms with Gasteiger partial charge in [0.15, 0.2) is 0 Å². The lowest BCUT2D eigenvalue weighted by Gasteiger charge is -2.13. The van der Waals surface area contributed by atoms with Gasteiger partial charge in [-0.15, -0.1) is 0 Å². The molecule has 0 unspecified atom stereocenters. The number of fused-ring (bicyclic) bond motifs is 1. The van der Waals surface area contributed by atoms with E-state index in [-0.39, 0.29) is 5.75 Å². The topological polar surface area (TPSA) is 76.0 Å². The van der Waals surface area contributed by atoms with E-state index in [1.165, 1.54) is 38.5 Å². The molecule has 0 saturated heterocycles. The molecule has 1 aliphatic heterocycles. The summed E-state index contributed by atoms with van der Waals surface area (Å²) in [5.41, 5.74) is 1.90. The molecule has 1 heterocycles. The smallest absolute Gasteiger partial charge is 0.493 e. The fraction of sp³-hybridized carbons (Fsp3) is 0.647. The zero-order valence-electron chi connectivity index (χ0n) is 13.8. The highest BCUT2D eigenvalue weighted by Gasteiger charge is 2.25. The summed E-state index contributed by atoms with van der Waals surface area (Å²) in [6, 6.07) is 3.52. The van der Waals surface area contributed by atoms with Crippen LogP contribution in [-0.2, 0) is 17.4 Å². The third-order valence-electron chi connectivity index (χ3n) is 4.16. The van der Waals surface area contributed by atoms with E-state index in [9.17, 15) is 4.57 Å². The van der Waals surface area contributed by atoms with Gasteiger partial charge < -0.3 is 9.26 Å². The summed E-state index contributed by atoms with van der Waals surface area (Å²) in [5, 5.41) is 0. The molecular formula is C17H27O5P. The predicted molar refractivity (Wildman–Crippen MR) is 90.0 cm³/mol. The van der Waals surface area contributed by atoms with Crippen LogP contribution in [0.1, 0.15) is 63.0 Å². The molecule has 0 saturated carbocycles. The van der Waals surface area contributed by atoms with Gasteiger partial charge in [-0.1, -0.05) is 51.5 Å². The molecule has 0 fully saturated rings. The minimum absolute atomic E-state index is 0.245. The van der Waals surface area contributed by atoms with Crippen molar-refractivity contribution < 1.29 is 23.6 Å². The largest absolute Gasteiger partial charge is 0.524 e. The fourth-order valence-corrected chi connectivity index (χ4v) is 3.44. The van der Waals surface area contributed by atoms with Crippen LogP contribution in [0.5, 0.6) is 11.5 Å². The second-order valence-electron chi connectivity index (χ2n) is 6.08. The molecule has 6 heteroatoms. The van der Waals surface area contributed by atoms with Gasteiger partial charge in [-0.25, -0.2) is 4.57 Å². The van der Waals surface area contributed by atoms with E-state index in [0.29, 0.717) is 13.0 Å². The minimum atomic E-state index is -4.53. The molecule has 1 aromatic rings. The van der Waals surface area contributed by atoms with Crippen molar-refractivity contribution >= 4 is 7.82 Å². The van der Waals surface area contributed by atoms with Gasteiger partial charge in [0.1, 0.15) is 11.5 Å². The van der Waals surface area contributed by atoms with Gasteiger partial charge in [0.05, 0.1) is 6.61 Å². The van der Waals surface area contributed by atoms with Gasteiger partial charge >= 0.3 is 7.82 Å². The first-order valence-corrected chi connectivity index (χ1v) is 10.1. The summed E-state index contributed by atoms with van der Waals surface area (Å²) in [5.74, 6) is 1.01. The first kappa shape index (κ1) is 18.3. The molecule has 5 nitrogen and oxygen atoms in total. The van der Waals surface area contributed by atoms with Crippen LogP contribution in [0.4, 0.5) is 0 Å². The van der Waals surface area contributed by atoms with Gasteiger partial charge in [0, 0.05) is 12.0 Å². The van der Waals surface area contributed by atoms with E-state index in [0.717, 1.165) is 29.7 Å². The van der Waals surface area contributed by atoms with Gasteiger partial charge in [-0.05, 0) is 24.5 Å². The highest BCUT2D eigenvalue weighted by molar-refractivity contribution is 7.46. The van der Waals surface area contributed by atoms with Crippen LogP contribution >= 0.6 is 7.82 Å². The molecule has 130 valence electrons. The van der Waals surface area contributed by atoms with E-state index in [2.05, 4.69) is 6.92 Å². The van der Waals surface area contributed by atoms with Crippen molar-refractivity contribution in [2.45, 2.75) is 64.7 Å². The lowest BCUT2D eigenvalue weighted by atomic mass is 10.0. The lowest BCUT2D eigenvalue weighted by Crippen LogP contribution is -1.96. The maximum absolute atomic E-state index is 11.0. The van der Waals surface area contributed by atoms with Gasteiger partial charge in [0.2, 0.25) is 0 Å². The number of phosphoric acid groups is 1. The molecule has 2 N–H and O–H groups in total. The number of hydrogen-bond acceptors (Lipinski definition) is 3. The standard InChI is InChI=1S/C17H27O5P/c1-2-3-4-5-6-7-8-9-14-10-11-16(22-23(18,19)20)15-12-13-21-17(14)15/h10-11H,2-9,12-13H2,1H3,(H2,18,19,20). The van der Waals surface area contributed by atoms with Crippen LogP contribution < -0.4 is 9.26 Å². The number of benzene rings is 1. The summed E-state index contributed by atoms with van der Waals surface area (Å²) in [4.78, 5) is 18.0. The number of hydrogen-bond donors (Lipinski definition) is 2. The molecule has 0 atom stereocenters. The van der Waals surface area contributed by atoms with Crippen LogP contribution in [-0.4, -0.2) is 16.4 Å². The predicted octanol–water partition coefficient (Wildman–Crippen LogP) is 4.39. The first-order valence-electron chi connectivity index (χ1n) is 8.54. The molecule has 0 spiro atoms. The Morgan fingerprint density at radius 3 is 2.52 bits per heavy atom. The lowest BCUT2D eigenvalue weighted by molar-refractivity contribution is 0.282. The van der Waals surface area contributed by atoms with Crippen molar-refractivity contribution in [1.82, 2.24) is 0 Å². The Balaban J connectivity index is 1.89. The highest BCUT2D eigenvalue weighted by Crippen LogP contribution is 2.44. The number of unbranched alkanes of at least 4 members (excludes halogenated alkanes) is 6. The number of ether oxygens (including phenoxy) is 1. The molecule has 1 aliphatic rings. The molecule has 0 radical (unpaired) electrons. The van der Waals surface area contributed by atoms with Crippen molar-refractivity contribution in [2.75, 3.05) is 6.61 Å². The summed E-state index contributed by atoms with van der Waals surface area (Å²) in [6.45, 7) is 2.77. The Hall–Kier alpha value is -1.03. The molecular weight excluding hydrogens is 315 g/mol. The molecule has 0 aliphatic carbocycles. The van der Waals surface area contributed by atoms with Crippen LogP contribution in [0.25, 0.3) is 0 Å². The molecule has 0 bridgehead atoms. The number of aryl methyl sites for hydroxylation is 1. The Bertz CT molecular complexity index is 552. The summed E-state index contributed by atoms with van der Waals surface area (Å²) < 4.78 is 21.5. The van der Waals surface area contributed by atoms with Crippen LogP contribution in [0.3, 0.4) is 0 Å². The Morgan fingerprint density at radius 1 is 1.13 bits per heavy atom. The average molecular weight is 342 g/mol. The van der Waals surface area contributed by atoms with Crippen molar-refractivity contribution in [3.63, 3.8) is 0 Å². The molecule has 23 heavy (non-hydrogen) atoms. The van der Waals surface area contributed by atoms with E-state index in [4.69, 9.17) is 19.0 Å². The SMILES string of the molecule is CCCCCCCCCc1ccc(OP(=O)(O)O)c2c1OCC2. The summed E-state index contributed by atoms with van der Waals surface area (Å²) >= 11 is 0. The molecule has 0 aromatic heterocycles. The zero-order valence-corrected chi connectivity index (χ0v) is 14.7. The van der Waals surface area contributed by atoms with Gasteiger partial charge in [-0.3, -0.25) is 9.79 Å². The van der Waals surface area contributed by atoms with Gasteiger partial charge in [0.25, 0.3) is 0 Å². The maximum atomic E-state index is 11.0. The van der Waals surface area contributed by atoms with Crippen LogP contribution in [0.15, 0.2) is 12.1 Å². The summed E-state index contributed by atoms with van der Waals surface area (Å²) in [7, 11) is -4.53. The Labute approximate surface area is 138 Å². The molecule has 1 aromatic carbocycles. The summed E-state index contributed by atoms with van der Waals surface area (Å²) in [6.07, 6.45) is 10.4. The highest BCUT2D eigenvalue weighted by atomic mass is 31.2. The third-order valence-corrected chi connectivity index (χ3v) is 4.60. The fourth-order valence-electron chi connectivity index (χ4n) is 3.01. The van der Waals surface area contributed by atoms with Crippen LogP contribution in [0, 0.1) is 0 Å². The van der Waals surface area contributed by atoms with E-state index in [1.54, 1.807) is 6.07 Å². The van der Waals surface area contributed by atoms with Crippen molar-refractivity contribution in [3.05, 3.63) is 23.3 Å². The number of rotatable bonds is 10. The average Bonchev–Trinajstić information content (AvgIpc) is 2.97. The second-order valence-corrected chi connectivity index (χ2v) is 7.25. The molecule has 2 rings (SSSR count). The first-order chi connectivity index (χ1) is 11.0. The van der Waals surface area contributed by atoms with Crippen molar-refractivity contribution in [2.24, 2.45) is 0 Å². The maximum Gasteiger partial charge on any atom is 0.524 e. The second kappa shape index (κ2) is 8.72. The Kier molecular flexibility index (Phi) is 6.94. The van der Waals surface area contributed by atoms with Crippen LogP contribution in [0.2, 0.25) is 0 Å². The minimum Gasteiger partial charge on any atom is -0.493 e. The van der Waals surface area contributed by atoms with E-state index in [1.807, 2.05) is 6.07 Å². The van der Waals surface area contributed by atoms with E-state index >= 15 is 0 Å². The normalized spacial score (nSPS) is 13.7. The Morgan fingerprint density at radius 2 is 1.83 bits per heavy atom. The van der Waals surface area contributed by atoms with Gasteiger partial charge in [-0.2, -0.15) is 0 Å². The van der Waals surface area contributed by atoms with Crippen molar-refractivity contribution in [3.8, 4) is 11.5 Å². The number of phosphoric ester groups is 1. The quantitative estimate of drug-likeness (QED) is 0.487. The zero-order chi connectivity index (χ0) is 16.7. The van der Waals surface area contributed by atoms with E-state index < -0.39 is 7.82 Å². The third kappa shape index (κ3) is 5.83. The monoisotopic (exact) mass is 342 g/mol. The van der Waals surface area contributed by atoms with Crippen molar-refractivity contribution in [1.29, 1.82) is 0 Å².